The van der Waals surface area contributed by atoms with E-state index in [1.54, 1.807) is 0 Å². The maximum atomic E-state index is 12.1. The van der Waals surface area contributed by atoms with Crippen molar-refractivity contribution in [2.75, 3.05) is 13.1 Å². The first-order valence-electron chi connectivity index (χ1n) is 9.78. The van der Waals surface area contributed by atoms with Gasteiger partial charge >= 0.3 is 6.09 Å². The van der Waals surface area contributed by atoms with Crippen LogP contribution < -0.4 is 5.32 Å². The second-order valence-corrected chi connectivity index (χ2v) is 9.82. The predicted octanol–water partition coefficient (Wildman–Crippen LogP) is 4.58. The van der Waals surface area contributed by atoms with Gasteiger partial charge in [-0.3, -0.25) is 0 Å². The van der Waals surface area contributed by atoms with E-state index in [0.717, 1.165) is 31.8 Å². The zero-order valence-electron chi connectivity index (χ0n) is 16.7. The molecule has 1 amide bonds. The first kappa shape index (κ1) is 19.6. The number of nitrogens with zero attached hydrogens (tertiary/aromatic N) is 1. The van der Waals surface area contributed by atoms with Gasteiger partial charge in [-0.1, -0.05) is 20.8 Å². The fraction of sp³-hybridized carbons (Fsp3) is 0.950. The van der Waals surface area contributed by atoms with E-state index in [2.05, 4.69) is 26.1 Å². The van der Waals surface area contributed by atoms with Crippen LogP contribution in [0.1, 0.15) is 80.1 Å². The van der Waals surface area contributed by atoms with E-state index in [9.17, 15) is 4.79 Å². The molecule has 1 aliphatic heterocycles. The summed E-state index contributed by atoms with van der Waals surface area (Å²) in [4.78, 5) is 14.0. The Balaban J connectivity index is 1.70. The molecule has 4 nitrogen and oxygen atoms in total. The van der Waals surface area contributed by atoms with Gasteiger partial charge in [-0.25, -0.2) is 4.79 Å². The first-order valence-corrected chi connectivity index (χ1v) is 9.78. The molecule has 2 fully saturated rings. The van der Waals surface area contributed by atoms with Gasteiger partial charge in [0.15, 0.2) is 0 Å². The molecule has 1 saturated carbocycles. The van der Waals surface area contributed by atoms with E-state index in [0.29, 0.717) is 17.5 Å². The van der Waals surface area contributed by atoms with Crippen LogP contribution in [-0.4, -0.2) is 41.8 Å². The van der Waals surface area contributed by atoms with Gasteiger partial charge in [-0.15, -0.1) is 0 Å². The van der Waals surface area contributed by atoms with E-state index in [-0.39, 0.29) is 6.09 Å². The number of amides is 1. The third kappa shape index (κ3) is 5.94. The van der Waals surface area contributed by atoms with Crippen molar-refractivity contribution in [3.05, 3.63) is 0 Å². The van der Waals surface area contributed by atoms with Gasteiger partial charge in [0, 0.05) is 25.2 Å². The molecule has 0 aromatic rings. The molecule has 0 atom stereocenters. The number of carbonyl (C=O) groups is 1. The fourth-order valence-corrected chi connectivity index (χ4v) is 4.01. The van der Waals surface area contributed by atoms with Crippen molar-refractivity contribution >= 4 is 6.09 Å². The van der Waals surface area contributed by atoms with Crippen molar-refractivity contribution in [3.8, 4) is 0 Å². The molecule has 2 aliphatic rings. The van der Waals surface area contributed by atoms with Crippen molar-refractivity contribution in [3.63, 3.8) is 0 Å². The van der Waals surface area contributed by atoms with E-state index < -0.39 is 5.60 Å². The van der Waals surface area contributed by atoms with Crippen LogP contribution >= 0.6 is 0 Å². The van der Waals surface area contributed by atoms with Crippen LogP contribution in [0.2, 0.25) is 0 Å². The maximum absolute atomic E-state index is 12.1. The lowest BCUT2D eigenvalue weighted by molar-refractivity contribution is 0.0193. The molecule has 140 valence electrons. The topological polar surface area (TPSA) is 41.6 Å². The summed E-state index contributed by atoms with van der Waals surface area (Å²) in [6, 6.07) is 1.22. The maximum Gasteiger partial charge on any atom is 0.410 e. The van der Waals surface area contributed by atoms with Gasteiger partial charge < -0.3 is 15.0 Å². The van der Waals surface area contributed by atoms with Gasteiger partial charge in [0.1, 0.15) is 5.60 Å². The molecular formula is C20H38N2O2. The lowest BCUT2D eigenvalue weighted by Crippen LogP contribution is -2.49. The highest BCUT2D eigenvalue weighted by Gasteiger charge is 2.32. The molecule has 1 aliphatic carbocycles. The molecule has 1 N–H and O–H groups in total. The zero-order chi connectivity index (χ0) is 18.0. The first-order chi connectivity index (χ1) is 11.0. The second kappa shape index (κ2) is 7.63. The van der Waals surface area contributed by atoms with Gasteiger partial charge in [-0.2, -0.15) is 0 Å². The van der Waals surface area contributed by atoms with Crippen molar-refractivity contribution < 1.29 is 9.53 Å². The minimum atomic E-state index is -0.405. The lowest BCUT2D eigenvalue weighted by atomic mass is 9.71. The number of rotatable bonds is 2. The number of ether oxygens (including phenoxy) is 1. The highest BCUT2D eigenvalue weighted by molar-refractivity contribution is 5.68. The lowest BCUT2D eigenvalue weighted by Gasteiger charge is -2.40. The summed E-state index contributed by atoms with van der Waals surface area (Å²) in [5.74, 6) is 0.865. The van der Waals surface area contributed by atoms with E-state index >= 15 is 0 Å². The van der Waals surface area contributed by atoms with Crippen LogP contribution in [0.15, 0.2) is 0 Å². The highest BCUT2D eigenvalue weighted by atomic mass is 16.6. The summed E-state index contributed by atoms with van der Waals surface area (Å²) in [6.07, 6.45) is 7.21. The van der Waals surface area contributed by atoms with Crippen LogP contribution in [0.25, 0.3) is 0 Å². The van der Waals surface area contributed by atoms with Crippen molar-refractivity contribution in [2.24, 2.45) is 11.3 Å². The SMILES string of the molecule is CC(C)(C)OC(=O)N1CCC(N[C@H]2CC[C@H](C(C)(C)C)CC2)CC1. The normalized spacial score (nSPS) is 27.2. The summed E-state index contributed by atoms with van der Waals surface area (Å²) in [5.41, 5.74) is 0.0433. The monoisotopic (exact) mass is 338 g/mol. The zero-order valence-corrected chi connectivity index (χ0v) is 16.7. The fourth-order valence-electron chi connectivity index (χ4n) is 4.01. The Morgan fingerprint density at radius 1 is 0.875 bits per heavy atom. The summed E-state index contributed by atoms with van der Waals surface area (Å²) < 4.78 is 5.47. The summed E-state index contributed by atoms with van der Waals surface area (Å²) in [6.45, 7) is 14.5. The third-order valence-electron chi connectivity index (χ3n) is 5.57. The van der Waals surface area contributed by atoms with Gasteiger partial charge in [-0.05, 0) is 70.6 Å². The Labute approximate surface area is 148 Å². The number of piperidine rings is 1. The van der Waals surface area contributed by atoms with Crippen LogP contribution in [0, 0.1) is 11.3 Å². The average molecular weight is 339 g/mol. The van der Waals surface area contributed by atoms with Crippen LogP contribution in [-0.2, 0) is 4.74 Å². The summed E-state index contributed by atoms with van der Waals surface area (Å²) in [5, 5.41) is 3.86. The standard InChI is InChI=1S/C20H38N2O2/c1-19(2,3)15-7-9-16(10-8-15)21-17-11-13-22(14-12-17)18(23)24-20(4,5)6/h15-17,21H,7-14H2,1-6H3/t15-,16-. The van der Waals surface area contributed by atoms with Gasteiger partial charge in [0.25, 0.3) is 0 Å². The quantitative estimate of drug-likeness (QED) is 0.801. The Bertz CT molecular complexity index is 406. The van der Waals surface area contributed by atoms with Crippen molar-refractivity contribution in [1.29, 1.82) is 0 Å². The molecular weight excluding hydrogens is 300 g/mol. The third-order valence-corrected chi connectivity index (χ3v) is 5.57. The summed E-state index contributed by atoms with van der Waals surface area (Å²) >= 11 is 0. The van der Waals surface area contributed by atoms with Gasteiger partial charge in [0.2, 0.25) is 0 Å². The number of carbonyl (C=O) groups excluding carboxylic acids is 1. The Morgan fingerprint density at radius 2 is 1.38 bits per heavy atom. The average Bonchev–Trinajstić information content (AvgIpc) is 2.46. The molecule has 0 spiro atoms. The summed E-state index contributed by atoms with van der Waals surface area (Å²) in [7, 11) is 0. The predicted molar refractivity (Wildman–Crippen MR) is 99.2 cm³/mol. The minimum Gasteiger partial charge on any atom is -0.444 e. The Kier molecular flexibility index (Phi) is 6.22. The number of hydrogen-bond acceptors (Lipinski definition) is 3. The molecule has 0 aromatic carbocycles. The van der Waals surface area contributed by atoms with Gasteiger partial charge in [0.05, 0.1) is 0 Å². The molecule has 0 bridgehead atoms. The number of nitrogens with one attached hydrogen (secondary N) is 1. The molecule has 1 saturated heterocycles. The molecule has 4 heteroatoms. The van der Waals surface area contributed by atoms with E-state index in [1.165, 1.54) is 25.7 Å². The van der Waals surface area contributed by atoms with Crippen molar-refractivity contribution in [2.45, 2.75) is 97.8 Å². The molecule has 0 aromatic heterocycles. The van der Waals surface area contributed by atoms with E-state index in [1.807, 2.05) is 25.7 Å². The number of hydrogen-bond donors (Lipinski definition) is 1. The van der Waals surface area contributed by atoms with E-state index in [4.69, 9.17) is 4.74 Å². The molecule has 24 heavy (non-hydrogen) atoms. The van der Waals surface area contributed by atoms with Crippen LogP contribution in [0.3, 0.4) is 0 Å². The van der Waals surface area contributed by atoms with Crippen LogP contribution in [0.5, 0.6) is 0 Å². The Hall–Kier alpha value is -0.770. The minimum absolute atomic E-state index is 0.161. The molecule has 2 rings (SSSR count). The largest absolute Gasteiger partial charge is 0.444 e. The smallest absolute Gasteiger partial charge is 0.410 e. The Morgan fingerprint density at radius 3 is 1.83 bits per heavy atom. The number of likely N-dealkylation sites (tertiary alicyclic amines) is 1. The molecule has 0 radical (unpaired) electrons. The molecule has 1 heterocycles. The molecule has 0 unspecified atom stereocenters. The second-order valence-electron chi connectivity index (χ2n) is 9.82. The van der Waals surface area contributed by atoms with Crippen LogP contribution in [0.4, 0.5) is 4.79 Å². The highest BCUT2D eigenvalue weighted by Crippen LogP contribution is 2.38. The van der Waals surface area contributed by atoms with Crippen molar-refractivity contribution in [1.82, 2.24) is 10.2 Å².